The summed E-state index contributed by atoms with van der Waals surface area (Å²) in [7, 11) is 0. The van der Waals surface area contributed by atoms with Crippen molar-refractivity contribution in [2.75, 3.05) is 50.7 Å². The van der Waals surface area contributed by atoms with Crippen molar-refractivity contribution in [1.82, 2.24) is 10.2 Å². The molecule has 2 aliphatic rings. The number of halogens is 1. The normalized spacial score (nSPS) is 19.4. The van der Waals surface area contributed by atoms with E-state index in [9.17, 15) is 9.59 Å². The van der Waals surface area contributed by atoms with Gasteiger partial charge in [-0.1, -0.05) is 23.7 Å². The predicted molar refractivity (Wildman–Crippen MR) is 84.3 cm³/mol. The number of para-hydroxylation sites is 1. The van der Waals surface area contributed by atoms with Gasteiger partial charge in [0.2, 0.25) is 0 Å². The number of hydrogen-bond donors (Lipinski definition) is 2. The molecule has 0 atom stereocenters. The van der Waals surface area contributed by atoms with Gasteiger partial charge in [0.15, 0.2) is 6.54 Å². The number of amides is 3. The van der Waals surface area contributed by atoms with Crippen LogP contribution in [0.3, 0.4) is 0 Å². The van der Waals surface area contributed by atoms with Crippen molar-refractivity contribution >= 4 is 29.2 Å². The summed E-state index contributed by atoms with van der Waals surface area (Å²) in [5, 5.41) is 3.42. The van der Waals surface area contributed by atoms with Gasteiger partial charge in [0.1, 0.15) is 0 Å². The van der Waals surface area contributed by atoms with Crippen molar-refractivity contribution in [1.29, 1.82) is 0 Å². The molecule has 118 valence electrons. The van der Waals surface area contributed by atoms with Crippen LogP contribution in [-0.4, -0.2) is 62.7 Å². The van der Waals surface area contributed by atoms with Gasteiger partial charge in [-0.05, 0) is 12.1 Å². The number of hydrogen-bond acceptors (Lipinski definition) is 3. The van der Waals surface area contributed by atoms with E-state index in [1.165, 1.54) is 9.80 Å². The molecule has 0 aromatic heterocycles. The number of rotatable bonds is 3. The summed E-state index contributed by atoms with van der Waals surface area (Å²) in [6, 6.07) is 7.56. The predicted octanol–water partition coefficient (Wildman–Crippen LogP) is -0.403. The number of nitrogens with one attached hydrogen (secondary N) is 2. The van der Waals surface area contributed by atoms with Gasteiger partial charge in [0, 0.05) is 13.1 Å². The summed E-state index contributed by atoms with van der Waals surface area (Å²) in [4.78, 5) is 28.4. The van der Waals surface area contributed by atoms with Crippen molar-refractivity contribution in [3.8, 4) is 0 Å². The van der Waals surface area contributed by atoms with E-state index >= 15 is 0 Å². The lowest BCUT2D eigenvalue weighted by molar-refractivity contribution is -0.892. The van der Waals surface area contributed by atoms with Crippen LogP contribution in [0.25, 0.3) is 0 Å². The number of carbonyl (C=O) groups is 2. The van der Waals surface area contributed by atoms with E-state index in [-0.39, 0.29) is 11.9 Å². The molecule has 2 saturated heterocycles. The monoisotopic (exact) mass is 323 g/mol. The topological polar surface area (TPSA) is 57.1 Å². The van der Waals surface area contributed by atoms with E-state index in [0.717, 1.165) is 36.9 Å². The Morgan fingerprint density at radius 2 is 1.95 bits per heavy atom. The van der Waals surface area contributed by atoms with Gasteiger partial charge >= 0.3 is 6.03 Å². The minimum Gasteiger partial charge on any atom is -0.359 e. The molecular weight excluding hydrogens is 304 g/mol. The average Bonchev–Trinajstić information content (AvgIpc) is 2.95. The minimum atomic E-state index is -0.265. The van der Waals surface area contributed by atoms with Gasteiger partial charge in [-0.15, -0.1) is 0 Å². The number of anilines is 1. The molecule has 1 aromatic rings. The molecule has 2 heterocycles. The number of urea groups is 1. The maximum absolute atomic E-state index is 12.1. The Kier molecular flexibility index (Phi) is 4.49. The minimum absolute atomic E-state index is 0.0869. The zero-order valence-corrected chi connectivity index (χ0v) is 13.1. The molecule has 0 aliphatic carbocycles. The lowest BCUT2D eigenvalue weighted by Crippen LogP contribution is -3.16. The maximum Gasteiger partial charge on any atom is 0.324 e. The number of carbonyl (C=O) groups excluding carboxylic acids is 2. The van der Waals surface area contributed by atoms with Crippen LogP contribution < -0.4 is 15.1 Å². The van der Waals surface area contributed by atoms with Crippen molar-refractivity contribution in [2.45, 2.75) is 0 Å². The highest BCUT2D eigenvalue weighted by atomic mass is 35.5. The molecule has 7 heteroatoms. The lowest BCUT2D eigenvalue weighted by Gasteiger charge is -2.34. The van der Waals surface area contributed by atoms with E-state index in [0.29, 0.717) is 19.6 Å². The van der Waals surface area contributed by atoms with Crippen LogP contribution in [0, 0.1) is 0 Å². The number of quaternary nitrogens is 1. The highest BCUT2D eigenvalue weighted by Gasteiger charge is 2.30. The van der Waals surface area contributed by atoms with Crippen molar-refractivity contribution < 1.29 is 14.5 Å². The first-order chi connectivity index (χ1) is 10.6. The van der Waals surface area contributed by atoms with Gasteiger partial charge in [0.05, 0.1) is 36.9 Å². The summed E-state index contributed by atoms with van der Waals surface area (Å²) in [6.07, 6.45) is 0. The zero-order chi connectivity index (χ0) is 15.5. The molecule has 0 unspecified atom stereocenters. The molecule has 3 rings (SSSR count). The number of nitrogens with zero attached hydrogens (tertiary/aromatic N) is 2. The summed E-state index contributed by atoms with van der Waals surface area (Å²) < 4.78 is 0. The Morgan fingerprint density at radius 3 is 2.59 bits per heavy atom. The van der Waals surface area contributed by atoms with Crippen molar-refractivity contribution in [2.24, 2.45) is 0 Å². The van der Waals surface area contributed by atoms with Gasteiger partial charge in [0.25, 0.3) is 5.91 Å². The van der Waals surface area contributed by atoms with Crippen molar-refractivity contribution in [3.63, 3.8) is 0 Å². The van der Waals surface area contributed by atoms with E-state index in [1.54, 1.807) is 0 Å². The molecule has 2 N–H and O–H groups in total. The number of benzene rings is 1. The molecule has 0 bridgehead atoms. The first kappa shape index (κ1) is 15.1. The van der Waals surface area contributed by atoms with Crippen LogP contribution in [0.15, 0.2) is 24.3 Å². The van der Waals surface area contributed by atoms with E-state index in [4.69, 9.17) is 11.6 Å². The maximum atomic E-state index is 12.1. The zero-order valence-electron chi connectivity index (χ0n) is 12.3. The van der Waals surface area contributed by atoms with Crippen LogP contribution in [0.1, 0.15) is 0 Å². The lowest BCUT2D eigenvalue weighted by atomic mass is 10.2. The van der Waals surface area contributed by atoms with E-state index in [2.05, 4.69) is 10.2 Å². The van der Waals surface area contributed by atoms with Crippen LogP contribution in [-0.2, 0) is 4.79 Å². The molecule has 1 aromatic carbocycles. The smallest absolute Gasteiger partial charge is 0.324 e. The van der Waals surface area contributed by atoms with E-state index in [1.807, 2.05) is 24.3 Å². The fourth-order valence-electron chi connectivity index (χ4n) is 2.97. The van der Waals surface area contributed by atoms with Gasteiger partial charge in [-0.25, -0.2) is 4.79 Å². The Balaban J connectivity index is 1.53. The molecule has 2 fully saturated rings. The fourth-order valence-corrected chi connectivity index (χ4v) is 3.22. The molecule has 6 nitrogen and oxygen atoms in total. The number of imide groups is 1. The van der Waals surface area contributed by atoms with Crippen LogP contribution in [0.5, 0.6) is 0 Å². The third-order valence-corrected chi connectivity index (χ3v) is 4.54. The van der Waals surface area contributed by atoms with Crippen LogP contribution in [0.4, 0.5) is 10.5 Å². The Hall–Kier alpha value is -1.79. The first-order valence-corrected chi connectivity index (χ1v) is 7.94. The molecule has 0 radical (unpaired) electrons. The Labute approximate surface area is 134 Å². The largest absolute Gasteiger partial charge is 0.359 e. The molecule has 22 heavy (non-hydrogen) atoms. The summed E-state index contributed by atoms with van der Waals surface area (Å²) in [5.74, 6) is -0.0869. The van der Waals surface area contributed by atoms with Crippen LogP contribution >= 0.6 is 11.6 Å². The third kappa shape index (κ3) is 3.18. The standard InChI is InChI=1S/C15H19ClN4O2/c16-12-3-1-2-4-13(12)19-9-7-18(8-10-19)11-14(21)20-6-5-17-15(20)22/h1-4H,5-11H2,(H,17,22)/p+1. The first-order valence-electron chi connectivity index (χ1n) is 7.56. The second kappa shape index (κ2) is 6.54. The Bertz CT molecular complexity index is 572. The molecule has 3 amide bonds. The van der Waals surface area contributed by atoms with Crippen molar-refractivity contribution in [3.05, 3.63) is 29.3 Å². The molecule has 0 spiro atoms. The van der Waals surface area contributed by atoms with Crippen LogP contribution in [0.2, 0.25) is 5.02 Å². The second-order valence-electron chi connectivity index (χ2n) is 5.64. The second-order valence-corrected chi connectivity index (χ2v) is 6.05. The molecule has 0 saturated carbocycles. The quantitative estimate of drug-likeness (QED) is 0.795. The van der Waals surface area contributed by atoms with Gasteiger partial charge < -0.3 is 15.1 Å². The van der Waals surface area contributed by atoms with Gasteiger partial charge in [-0.3, -0.25) is 9.69 Å². The molecule has 2 aliphatic heterocycles. The third-order valence-electron chi connectivity index (χ3n) is 4.22. The average molecular weight is 324 g/mol. The Morgan fingerprint density at radius 1 is 1.23 bits per heavy atom. The molecular formula is C15H20ClN4O2+. The summed E-state index contributed by atoms with van der Waals surface area (Å²) in [6.45, 7) is 4.87. The van der Waals surface area contributed by atoms with Gasteiger partial charge in [-0.2, -0.15) is 0 Å². The highest BCUT2D eigenvalue weighted by molar-refractivity contribution is 6.33. The summed E-state index contributed by atoms with van der Waals surface area (Å²) in [5.41, 5.74) is 1.05. The number of piperazine rings is 1. The summed E-state index contributed by atoms with van der Waals surface area (Å²) >= 11 is 6.23. The fraction of sp³-hybridized carbons (Fsp3) is 0.467. The highest BCUT2D eigenvalue weighted by Crippen LogP contribution is 2.24. The SMILES string of the molecule is O=C(C[NH+]1CCN(c2ccccc2Cl)CC1)N1CCNC1=O. The van der Waals surface area contributed by atoms with E-state index < -0.39 is 0 Å².